The van der Waals surface area contributed by atoms with Crippen LogP contribution in [0.3, 0.4) is 0 Å². The quantitative estimate of drug-likeness (QED) is 0.477. The zero-order valence-electron chi connectivity index (χ0n) is 18.1. The maximum atomic E-state index is 5.55. The van der Waals surface area contributed by atoms with E-state index in [4.69, 9.17) is 19.5 Å². The van der Waals surface area contributed by atoms with E-state index in [1.54, 1.807) is 6.26 Å². The smallest absolute Gasteiger partial charge is 0.226 e. The lowest BCUT2D eigenvalue weighted by Gasteiger charge is -2.28. The summed E-state index contributed by atoms with van der Waals surface area (Å²) in [6.07, 6.45) is 6.84. The molecule has 0 fully saturated rings. The molecule has 0 saturated carbocycles. The van der Waals surface area contributed by atoms with E-state index < -0.39 is 0 Å². The lowest BCUT2D eigenvalue weighted by molar-refractivity contribution is 0.246. The Balaban J connectivity index is 1.48. The number of hydrogen-bond acceptors (Lipinski definition) is 6. The molecule has 1 unspecified atom stereocenters. The molecule has 7 nitrogen and oxygen atoms in total. The molecule has 1 atom stereocenters. The average molecular weight is 417 g/mol. The first-order valence-electron chi connectivity index (χ1n) is 11.1. The predicted molar refractivity (Wildman–Crippen MR) is 121 cm³/mol. The second-order valence-electron chi connectivity index (χ2n) is 8.32. The predicted octanol–water partition coefficient (Wildman–Crippen LogP) is 4.54. The van der Waals surface area contributed by atoms with Crippen LogP contribution in [-0.4, -0.2) is 37.1 Å². The van der Waals surface area contributed by atoms with Crippen LogP contribution in [0.5, 0.6) is 0 Å². The third kappa shape index (κ3) is 4.05. The van der Waals surface area contributed by atoms with Crippen molar-refractivity contribution >= 4 is 11.6 Å². The first kappa shape index (κ1) is 19.8. The molecule has 4 heterocycles. The second-order valence-corrected chi connectivity index (χ2v) is 8.32. The molecular formula is C24H28N6O. The summed E-state index contributed by atoms with van der Waals surface area (Å²) in [4.78, 5) is 12.0. The Kier molecular flexibility index (Phi) is 5.42. The van der Waals surface area contributed by atoms with Crippen LogP contribution < -0.4 is 5.32 Å². The summed E-state index contributed by atoms with van der Waals surface area (Å²) in [6.45, 7) is 7.10. The van der Waals surface area contributed by atoms with Crippen LogP contribution in [0.1, 0.15) is 43.4 Å². The van der Waals surface area contributed by atoms with Gasteiger partial charge in [0.1, 0.15) is 0 Å². The maximum absolute atomic E-state index is 5.55. The van der Waals surface area contributed by atoms with Gasteiger partial charge in [-0.25, -0.2) is 9.97 Å². The van der Waals surface area contributed by atoms with Gasteiger partial charge in [0.05, 0.1) is 6.26 Å². The third-order valence-corrected chi connectivity index (χ3v) is 5.88. The molecule has 31 heavy (non-hydrogen) atoms. The van der Waals surface area contributed by atoms with Crippen LogP contribution in [0, 0.1) is 0 Å². The molecule has 4 aromatic rings. The van der Waals surface area contributed by atoms with Gasteiger partial charge in [-0.3, -0.25) is 4.90 Å². The van der Waals surface area contributed by atoms with Gasteiger partial charge in [0.25, 0.3) is 0 Å². The average Bonchev–Trinajstić information content (AvgIpc) is 3.46. The number of nitrogens with zero attached hydrogens (tertiary/aromatic N) is 5. The summed E-state index contributed by atoms with van der Waals surface area (Å²) in [6, 6.07) is 12.8. The van der Waals surface area contributed by atoms with Gasteiger partial charge in [0.15, 0.2) is 11.4 Å². The summed E-state index contributed by atoms with van der Waals surface area (Å²) in [5.74, 6) is 1.96. The van der Waals surface area contributed by atoms with Gasteiger partial charge >= 0.3 is 0 Å². The van der Waals surface area contributed by atoms with Crippen molar-refractivity contribution in [3.63, 3.8) is 0 Å². The molecule has 0 radical (unpaired) electrons. The van der Waals surface area contributed by atoms with Crippen LogP contribution >= 0.6 is 0 Å². The molecule has 1 N–H and O–H groups in total. The number of benzene rings is 1. The van der Waals surface area contributed by atoms with Gasteiger partial charge in [-0.05, 0) is 43.0 Å². The Morgan fingerprint density at radius 2 is 2.03 bits per heavy atom. The molecule has 1 aromatic carbocycles. The monoisotopic (exact) mass is 416 g/mol. The minimum absolute atomic E-state index is 0.307. The zero-order chi connectivity index (χ0) is 21.2. The van der Waals surface area contributed by atoms with Gasteiger partial charge in [-0.15, -0.1) is 5.10 Å². The number of aromatic nitrogens is 4. The van der Waals surface area contributed by atoms with E-state index in [0.29, 0.717) is 23.6 Å². The molecule has 0 saturated heterocycles. The SMILES string of the molecule is CCCC(C)Nc1ncc(CN2CCc3ccccc3C2)c2nc(-c3ccco3)nn12. The Bertz CT molecular complexity index is 1170. The summed E-state index contributed by atoms with van der Waals surface area (Å²) in [7, 11) is 0. The van der Waals surface area contributed by atoms with E-state index >= 15 is 0 Å². The number of fused-ring (bicyclic) bond motifs is 2. The topological polar surface area (TPSA) is 71.5 Å². The van der Waals surface area contributed by atoms with Gasteiger partial charge in [-0.1, -0.05) is 37.6 Å². The van der Waals surface area contributed by atoms with Crippen LogP contribution in [0.15, 0.2) is 53.3 Å². The van der Waals surface area contributed by atoms with E-state index in [2.05, 4.69) is 48.3 Å². The fraction of sp³-hybridized carbons (Fsp3) is 0.375. The zero-order valence-corrected chi connectivity index (χ0v) is 18.1. The Morgan fingerprint density at radius 1 is 1.16 bits per heavy atom. The Morgan fingerprint density at radius 3 is 2.84 bits per heavy atom. The highest BCUT2D eigenvalue weighted by Crippen LogP contribution is 2.24. The van der Waals surface area contributed by atoms with E-state index in [1.165, 1.54) is 11.1 Å². The van der Waals surface area contributed by atoms with Crippen molar-refractivity contribution < 1.29 is 4.42 Å². The molecule has 3 aromatic heterocycles. The maximum Gasteiger partial charge on any atom is 0.226 e. The van der Waals surface area contributed by atoms with E-state index in [0.717, 1.165) is 50.1 Å². The van der Waals surface area contributed by atoms with Crippen LogP contribution in [0.4, 0.5) is 5.95 Å². The van der Waals surface area contributed by atoms with Gasteiger partial charge in [-0.2, -0.15) is 4.52 Å². The van der Waals surface area contributed by atoms with Crippen molar-refractivity contribution in [3.8, 4) is 11.6 Å². The van der Waals surface area contributed by atoms with Crippen molar-refractivity contribution in [2.24, 2.45) is 0 Å². The first-order chi connectivity index (χ1) is 15.2. The molecule has 0 aliphatic carbocycles. The molecule has 1 aliphatic rings. The number of anilines is 1. The Labute approximate surface area is 182 Å². The highest BCUT2D eigenvalue weighted by Gasteiger charge is 2.21. The van der Waals surface area contributed by atoms with Crippen molar-refractivity contribution in [3.05, 3.63) is 65.5 Å². The largest absolute Gasteiger partial charge is 0.461 e. The lowest BCUT2D eigenvalue weighted by Crippen LogP contribution is -2.30. The van der Waals surface area contributed by atoms with Crippen molar-refractivity contribution in [1.82, 2.24) is 24.5 Å². The lowest BCUT2D eigenvalue weighted by atomic mass is 10.00. The van der Waals surface area contributed by atoms with Crippen molar-refractivity contribution in [2.75, 3.05) is 11.9 Å². The molecule has 7 heteroatoms. The van der Waals surface area contributed by atoms with E-state index in [-0.39, 0.29) is 0 Å². The standard InChI is InChI=1S/C24H28N6O/c1-3-7-17(2)26-24-25-14-20(16-29-12-11-18-8-4-5-9-19(18)15-29)23-27-22(28-30(23)24)21-10-6-13-31-21/h4-6,8-10,13-14,17H,3,7,11-12,15-16H2,1-2H3,(H,25,26). The number of nitrogens with one attached hydrogen (secondary N) is 1. The van der Waals surface area contributed by atoms with Gasteiger partial charge < -0.3 is 9.73 Å². The molecular weight excluding hydrogens is 388 g/mol. The van der Waals surface area contributed by atoms with Gasteiger partial charge in [0, 0.05) is 37.4 Å². The van der Waals surface area contributed by atoms with Crippen LogP contribution in [-0.2, 0) is 19.5 Å². The number of hydrogen-bond donors (Lipinski definition) is 1. The molecule has 1 aliphatic heterocycles. The molecule has 5 rings (SSSR count). The molecule has 0 spiro atoms. The fourth-order valence-electron chi connectivity index (χ4n) is 4.29. The third-order valence-electron chi connectivity index (χ3n) is 5.88. The van der Waals surface area contributed by atoms with Crippen molar-refractivity contribution in [1.29, 1.82) is 0 Å². The van der Waals surface area contributed by atoms with Crippen LogP contribution in [0.2, 0.25) is 0 Å². The normalized spacial score (nSPS) is 15.2. The summed E-state index contributed by atoms with van der Waals surface area (Å²) < 4.78 is 7.38. The minimum Gasteiger partial charge on any atom is -0.461 e. The van der Waals surface area contributed by atoms with E-state index in [1.807, 2.05) is 22.8 Å². The number of rotatable bonds is 7. The summed E-state index contributed by atoms with van der Waals surface area (Å²) >= 11 is 0. The highest BCUT2D eigenvalue weighted by atomic mass is 16.3. The fourth-order valence-corrected chi connectivity index (χ4v) is 4.29. The van der Waals surface area contributed by atoms with Crippen molar-refractivity contribution in [2.45, 2.75) is 52.2 Å². The molecule has 160 valence electrons. The summed E-state index contributed by atoms with van der Waals surface area (Å²) in [5, 5.41) is 8.22. The Hall–Kier alpha value is -3.19. The second kappa shape index (κ2) is 8.51. The first-order valence-corrected chi connectivity index (χ1v) is 11.1. The van der Waals surface area contributed by atoms with E-state index in [9.17, 15) is 0 Å². The minimum atomic E-state index is 0.307. The number of furan rings is 1. The summed E-state index contributed by atoms with van der Waals surface area (Å²) in [5.41, 5.74) is 4.75. The van der Waals surface area contributed by atoms with Crippen LogP contribution in [0.25, 0.3) is 17.2 Å². The molecule has 0 amide bonds. The highest BCUT2D eigenvalue weighted by molar-refractivity contribution is 5.58. The molecule has 0 bridgehead atoms. The van der Waals surface area contributed by atoms with Gasteiger partial charge in [0.2, 0.25) is 11.8 Å².